The summed E-state index contributed by atoms with van der Waals surface area (Å²) in [4.78, 5) is 27.6. The maximum Gasteiger partial charge on any atom is 0.242 e. The monoisotopic (exact) mass is 452 g/mol. The molecule has 0 fully saturated rings. The molecule has 7 heteroatoms. The first-order chi connectivity index (χ1) is 14.4. The molecule has 0 unspecified atom stereocenters. The van der Waals surface area contributed by atoms with Crippen molar-refractivity contribution in [2.75, 3.05) is 6.54 Å². The number of carbonyl (C=O) groups excluding carboxylic acids is 2. The molecule has 162 valence electrons. The lowest BCUT2D eigenvalue weighted by molar-refractivity contribution is -0.140. The molecule has 1 N–H and O–H groups in total. The van der Waals surface area contributed by atoms with Gasteiger partial charge in [0.05, 0.1) is 6.42 Å². The van der Waals surface area contributed by atoms with Gasteiger partial charge in [-0.05, 0) is 48.2 Å². The topological polar surface area (TPSA) is 49.4 Å². The largest absolute Gasteiger partial charge is 0.354 e. The van der Waals surface area contributed by atoms with Gasteiger partial charge in [0.25, 0.3) is 0 Å². The highest BCUT2D eigenvalue weighted by Gasteiger charge is 2.29. The molecule has 2 aromatic rings. The average molecular weight is 453 g/mol. The molecule has 2 aromatic carbocycles. The van der Waals surface area contributed by atoms with Crippen molar-refractivity contribution in [3.8, 4) is 0 Å². The zero-order valence-corrected chi connectivity index (χ0v) is 18.8. The number of carbonyl (C=O) groups is 2. The fourth-order valence-electron chi connectivity index (χ4n) is 3.17. The minimum Gasteiger partial charge on any atom is -0.354 e. The Bertz CT molecular complexity index is 839. The Morgan fingerprint density at radius 1 is 1.07 bits per heavy atom. The highest BCUT2D eigenvalue weighted by atomic mass is 35.5. The number of halogens is 3. The summed E-state index contributed by atoms with van der Waals surface area (Å²) in [6.45, 7) is 4.64. The Balaban J connectivity index is 2.29. The van der Waals surface area contributed by atoms with E-state index in [1.54, 1.807) is 30.3 Å². The van der Waals surface area contributed by atoms with Gasteiger partial charge in [-0.2, -0.15) is 0 Å². The SMILES string of the molecule is CCCCNC(=O)[C@H](CC)N(Cc1ccc(F)cc1)C(=O)Cc1c(Cl)cccc1Cl. The maximum absolute atomic E-state index is 13.3. The van der Waals surface area contributed by atoms with Crippen LogP contribution in [0.4, 0.5) is 4.39 Å². The van der Waals surface area contributed by atoms with E-state index in [-0.39, 0.29) is 30.6 Å². The Morgan fingerprint density at radius 3 is 2.27 bits per heavy atom. The Hall–Kier alpha value is -2.11. The third kappa shape index (κ3) is 6.71. The summed E-state index contributed by atoms with van der Waals surface area (Å²) in [6.07, 6.45) is 2.24. The number of hydrogen-bond donors (Lipinski definition) is 1. The molecular weight excluding hydrogens is 426 g/mol. The standard InChI is InChI=1S/C23H27Cl2FN2O2/c1-3-5-13-27-23(30)21(4-2)28(15-16-9-11-17(26)12-10-16)22(29)14-18-19(24)7-6-8-20(18)25/h6-12,21H,3-5,13-15H2,1-2H3,(H,27,30)/t21-/m0/s1. The smallest absolute Gasteiger partial charge is 0.242 e. The molecule has 2 rings (SSSR count). The predicted octanol–water partition coefficient (Wildman–Crippen LogP) is 5.40. The molecule has 0 aliphatic carbocycles. The van der Waals surface area contributed by atoms with Crippen LogP contribution in [0.15, 0.2) is 42.5 Å². The van der Waals surface area contributed by atoms with E-state index in [4.69, 9.17) is 23.2 Å². The number of unbranched alkanes of at least 4 members (excludes halogenated alkanes) is 1. The summed E-state index contributed by atoms with van der Waals surface area (Å²) < 4.78 is 13.3. The third-order valence-corrected chi connectivity index (χ3v) is 5.58. The summed E-state index contributed by atoms with van der Waals surface area (Å²) in [6, 6.07) is 10.3. The molecule has 0 saturated heterocycles. The zero-order chi connectivity index (χ0) is 22.1. The minimum absolute atomic E-state index is 0.0293. The summed E-state index contributed by atoms with van der Waals surface area (Å²) >= 11 is 12.5. The number of amides is 2. The number of nitrogens with zero attached hydrogens (tertiary/aromatic N) is 1. The van der Waals surface area contributed by atoms with E-state index < -0.39 is 6.04 Å². The van der Waals surface area contributed by atoms with Gasteiger partial charge in [-0.25, -0.2) is 4.39 Å². The molecule has 0 spiro atoms. The van der Waals surface area contributed by atoms with Crippen molar-refractivity contribution >= 4 is 35.0 Å². The third-order valence-electron chi connectivity index (χ3n) is 4.87. The lowest BCUT2D eigenvalue weighted by atomic mass is 10.1. The molecule has 0 heterocycles. The zero-order valence-electron chi connectivity index (χ0n) is 17.3. The molecule has 0 saturated carbocycles. The normalized spacial score (nSPS) is 11.8. The van der Waals surface area contributed by atoms with Gasteiger partial charge in [-0.1, -0.05) is 61.7 Å². The van der Waals surface area contributed by atoms with Crippen LogP contribution in [0.3, 0.4) is 0 Å². The van der Waals surface area contributed by atoms with Gasteiger partial charge in [0.15, 0.2) is 0 Å². The van der Waals surface area contributed by atoms with Crippen LogP contribution in [0, 0.1) is 5.82 Å². The molecule has 1 atom stereocenters. The Kier molecular flexibility index (Phi) is 9.60. The van der Waals surface area contributed by atoms with E-state index in [1.807, 2.05) is 13.8 Å². The molecule has 0 aliphatic heterocycles. The van der Waals surface area contributed by atoms with Crippen LogP contribution < -0.4 is 5.32 Å². The van der Waals surface area contributed by atoms with Crippen LogP contribution in [0.5, 0.6) is 0 Å². The summed E-state index contributed by atoms with van der Waals surface area (Å²) in [7, 11) is 0. The highest BCUT2D eigenvalue weighted by molar-refractivity contribution is 6.36. The molecular formula is C23H27Cl2FN2O2. The van der Waals surface area contributed by atoms with E-state index in [1.165, 1.54) is 17.0 Å². The van der Waals surface area contributed by atoms with Gasteiger partial charge < -0.3 is 10.2 Å². The van der Waals surface area contributed by atoms with E-state index in [0.717, 1.165) is 18.4 Å². The number of benzene rings is 2. The Morgan fingerprint density at radius 2 is 1.70 bits per heavy atom. The van der Waals surface area contributed by atoms with Gasteiger partial charge in [-0.3, -0.25) is 9.59 Å². The van der Waals surface area contributed by atoms with Crippen LogP contribution >= 0.6 is 23.2 Å². The van der Waals surface area contributed by atoms with Gasteiger partial charge in [0, 0.05) is 23.1 Å². The summed E-state index contributed by atoms with van der Waals surface area (Å²) in [5.74, 6) is -0.831. The first-order valence-corrected chi connectivity index (χ1v) is 10.9. The molecule has 0 aliphatic rings. The lowest BCUT2D eigenvalue weighted by Gasteiger charge is -2.31. The second-order valence-electron chi connectivity index (χ2n) is 7.09. The maximum atomic E-state index is 13.3. The summed E-state index contributed by atoms with van der Waals surface area (Å²) in [5, 5.41) is 3.71. The number of rotatable bonds is 10. The van der Waals surface area contributed by atoms with Gasteiger partial charge in [-0.15, -0.1) is 0 Å². The van der Waals surface area contributed by atoms with Crippen LogP contribution in [0.25, 0.3) is 0 Å². The number of hydrogen-bond acceptors (Lipinski definition) is 2. The quantitative estimate of drug-likeness (QED) is 0.490. The van der Waals surface area contributed by atoms with E-state index in [9.17, 15) is 14.0 Å². The molecule has 2 amide bonds. The van der Waals surface area contributed by atoms with Crippen LogP contribution in [0.2, 0.25) is 10.0 Å². The Labute approximate surface area is 187 Å². The van der Waals surface area contributed by atoms with Crippen molar-refractivity contribution in [3.05, 3.63) is 69.5 Å². The molecule has 30 heavy (non-hydrogen) atoms. The molecule has 0 aromatic heterocycles. The van der Waals surface area contributed by atoms with Crippen LogP contribution in [-0.4, -0.2) is 29.3 Å². The van der Waals surface area contributed by atoms with Gasteiger partial charge >= 0.3 is 0 Å². The van der Waals surface area contributed by atoms with Crippen LogP contribution in [0.1, 0.15) is 44.2 Å². The second kappa shape index (κ2) is 11.9. The fraction of sp³-hybridized carbons (Fsp3) is 0.391. The van der Waals surface area contributed by atoms with Crippen molar-refractivity contribution in [2.45, 2.75) is 52.1 Å². The van der Waals surface area contributed by atoms with Crippen molar-refractivity contribution in [1.82, 2.24) is 10.2 Å². The minimum atomic E-state index is -0.652. The molecule has 4 nitrogen and oxygen atoms in total. The van der Waals surface area contributed by atoms with Crippen LogP contribution in [-0.2, 0) is 22.6 Å². The van der Waals surface area contributed by atoms with Gasteiger partial charge in [0.2, 0.25) is 11.8 Å². The van der Waals surface area contributed by atoms with Crippen molar-refractivity contribution < 1.29 is 14.0 Å². The first kappa shape index (κ1) is 24.2. The van der Waals surface area contributed by atoms with Crippen molar-refractivity contribution in [2.24, 2.45) is 0 Å². The van der Waals surface area contributed by atoms with E-state index in [0.29, 0.717) is 28.6 Å². The van der Waals surface area contributed by atoms with E-state index in [2.05, 4.69) is 5.32 Å². The predicted molar refractivity (Wildman–Crippen MR) is 119 cm³/mol. The second-order valence-corrected chi connectivity index (χ2v) is 7.91. The highest BCUT2D eigenvalue weighted by Crippen LogP contribution is 2.26. The van der Waals surface area contributed by atoms with Crippen molar-refractivity contribution in [3.63, 3.8) is 0 Å². The van der Waals surface area contributed by atoms with Crippen molar-refractivity contribution in [1.29, 1.82) is 0 Å². The van der Waals surface area contributed by atoms with Gasteiger partial charge in [0.1, 0.15) is 11.9 Å². The first-order valence-electron chi connectivity index (χ1n) is 10.1. The fourth-order valence-corrected chi connectivity index (χ4v) is 3.70. The summed E-state index contributed by atoms with van der Waals surface area (Å²) in [5.41, 5.74) is 1.26. The van der Waals surface area contributed by atoms with E-state index >= 15 is 0 Å². The molecule has 0 bridgehead atoms. The molecule has 0 radical (unpaired) electrons. The average Bonchev–Trinajstić information content (AvgIpc) is 2.72. The lowest BCUT2D eigenvalue weighted by Crippen LogP contribution is -2.49. The number of nitrogens with one attached hydrogen (secondary N) is 1.